The summed E-state index contributed by atoms with van der Waals surface area (Å²) in [6.07, 6.45) is 0.801. The van der Waals surface area contributed by atoms with Crippen molar-refractivity contribution in [2.45, 2.75) is 4.90 Å². The molecule has 0 bridgehead atoms. The summed E-state index contributed by atoms with van der Waals surface area (Å²) in [5, 5.41) is 9.33. The Morgan fingerprint density at radius 2 is 2.06 bits per heavy atom. The van der Waals surface area contributed by atoms with Crippen molar-refractivity contribution in [1.82, 2.24) is 0 Å². The minimum Gasteiger partial charge on any atom is -0.504 e. The third kappa shape index (κ3) is 2.20. The second-order valence-corrected chi connectivity index (χ2v) is 5.16. The number of carbonyl (C=O) groups excluding carboxylic acids is 1. The van der Waals surface area contributed by atoms with Gasteiger partial charge in [0, 0.05) is 6.26 Å². The van der Waals surface area contributed by atoms with Gasteiger partial charge in [0.1, 0.15) is 4.90 Å². The molecular weight excluding hydrogens is 237 g/mol. The number of sulfone groups is 1. The van der Waals surface area contributed by atoms with Crippen LogP contribution in [0.5, 0.6) is 5.75 Å². The zero-order chi connectivity index (χ0) is 12.5. The second kappa shape index (κ2) is 4.18. The number of nitrogens with two attached hydrogens (primary N) is 1. The highest BCUT2D eigenvalue weighted by Crippen LogP contribution is 2.27. The van der Waals surface area contributed by atoms with Gasteiger partial charge in [0.05, 0.1) is 12.1 Å². The minimum atomic E-state index is -3.78. The molecule has 0 radical (unpaired) electrons. The lowest BCUT2D eigenvalue weighted by Gasteiger charge is -2.06. The van der Waals surface area contributed by atoms with E-state index in [9.17, 15) is 22.7 Å². The van der Waals surface area contributed by atoms with Crippen molar-refractivity contribution in [2.75, 3.05) is 12.8 Å². The molecule has 0 saturated heterocycles. The fourth-order valence-electron chi connectivity index (χ4n) is 1.17. The summed E-state index contributed by atoms with van der Waals surface area (Å²) < 4.78 is 35.6. The first kappa shape index (κ1) is 12.6. The van der Waals surface area contributed by atoms with Crippen LogP contribution < -0.4 is 5.73 Å². The number of hydrogen-bond donors (Lipinski definition) is 2. The van der Waals surface area contributed by atoms with Crippen molar-refractivity contribution in [2.24, 2.45) is 5.73 Å². The summed E-state index contributed by atoms with van der Waals surface area (Å²) in [7, 11) is -3.78. The first-order chi connectivity index (χ1) is 7.29. The summed E-state index contributed by atoms with van der Waals surface area (Å²) in [6, 6.07) is 1.96. The quantitative estimate of drug-likeness (QED) is 0.737. The lowest BCUT2D eigenvalue weighted by molar-refractivity contribution is 0.0998. The van der Waals surface area contributed by atoms with Crippen LogP contribution in [0.1, 0.15) is 10.4 Å². The van der Waals surface area contributed by atoms with Crippen molar-refractivity contribution in [1.29, 1.82) is 0 Å². The number of phenols is 1. The maximum Gasteiger partial charge on any atom is 0.184 e. The van der Waals surface area contributed by atoms with E-state index in [2.05, 4.69) is 0 Å². The normalized spacial score (nSPS) is 11.4. The van der Waals surface area contributed by atoms with E-state index in [4.69, 9.17) is 5.73 Å². The molecule has 16 heavy (non-hydrogen) atoms. The van der Waals surface area contributed by atoms with E-state index in [0.717, 1.165) is 18.4 Å². The first-order valence-corrected chi connectivity index (χ1v) is 6.13. The second-order valence-electron chi connectivity index (χ2n) is 3.17. The van der Waals surface area contributed by atoms with Crippen LogP contribution in [-0.4, -0.2) is 32.1 Å². The largest absolute Gasteiger partial charge is 0.504 e. The Labute approximate surface area is 91.6 Å². The Hall–Kier alpha value is -1.47. The van der Waals surface area contributed by atoms with Crippen LogP contribution in [-0.2, 0) is 9.84 Å². The van der Waals surface area contributed by atoms with Crippen LogP contribution >= 0.6 is 0 Å². The Bertz CT molecular complexity index is 539. The standard InChI is InChI=1S/C9H10FNO4S/c1-16(14,15)7-3-2-5(6(12)4-11)9(13)8(7)10/h2-3,13H,4,11H2,1H3. The van der Waals surface area contributed by atoms with Gasteiger partial charge in [-0.3, -0.25) is 4.79 Å². The average molecular weight is 247 g/mol. The van der Waals surface area contributed by atoms with Gasteiger partial charge < -0.3 is 10.8 Å². The first-order valence-electron chi connectivity index (χ1n) is 4.23. The maximum atomic E-state index is 13.4. The van der Waals surface area contributed by atoms with E-state index in [0.29, 0.717) is 0 Å². The Balaban J connectivity index is 3.47. The Kier molecular flexibility index (Phi) is 3.30. The Morgan fingerprint density at radius 3 is 2.50 bits per heavy atom. The number of ketones is 1. The van der Waals surface area contributed by atoms with Crippen molar-refractivity contribution in [3.8, 4) is 5.75 Å². The van der Waals surface area contributed by atoms with E-state index >= 15 is 0 Å². The SMILES string of the molecule is CS(=O)(=O)c1ccc(C(=O)CN)c(O)c1F. The van der Waals surface area contributed by atoms with E-state index in [1.54, 1.807) is 0 Å². The van der Waals surface area contributed by atoms with E-state index in [-0.39, 0.29) is 5.56 Å². The zero-order valence-electron chi connectivity index (χ0n) is 8.40. The number of hydrogen-bond acceptors (Lipinski definition) is 5. The lowest BCUT2D eigenvalue weighted by Crippen LogP contribution is -2.14. The van der Waals surface area contributed by atoms with Gasteiger partial charge in [0.25, 0.3) is 0 Å². The number of halogens is 1. The van der Waals surface area contributed by atoms with Crippen LogP contribution in [0.25, 0.3) is 0 Å². The molecule has 0 atom stereocenters. The van der Waals surface area contributed by atoms with Gasteiger partial charge in [-0.05, 0) is 12.1 Å². The molecule has 7 heteroatoms. The predicted molar refractivity (Wildman–Crippen MR) is 54.6 cm³/mol. The molecule has 0 heterocycles. The number of rotatable bonds is 3. The van der Waals surface area contributed by atoms with E-state index < -0.39 is 38.6 Å². The molecule has 88 valence electrons. The van der Waals surface area contributed by atoms with Crippen molar-refractivity contribution in [3.05, 3.63) is 23.5 Å². The fraction of sp³-hybridized carbons (Fsp3) is 0.222. The van der Waals surface area contributed by atoms with Gasteiger partial charge in [-0.2, -0.15) is 0 Å². The zero-order valence-corrected chi connectivity index (χ0v) is 9.21. The molecule has 1 aromatic rings. The molecule has 0 aliphatic rings. The van der Waals surface area contributed by atoms with Crippen LogP contribution in [0, 0.1) is 5.82 Å². The van der Waals surface area contributed by atoms with Crippen LogP contribution in [0.15, 0.2) is 17.0 Å². The molecule has 0 amide bonds. The highest BCUT2D eigenvalue weighted by atomic mass is 32.2. The third-order valence-corrected chi connectivity index (χ3v) is 3.08. The number of phenolic OH excluding ortho intramolecular Hbond substituents is 1. The molecule has 0 aliphatic heterocycles. The monoisotopic (exact) mass is 247 g/mol. The highest BCUT2D eigenvalue weighted by Gasteiger charge is 2.21. The smallest absolute Gasteiger partial charge is 0.184 e. The molecule has 1 rings (SSSR count). The van der Waals surface area contributed by atoms with Gasteiger partial charge in [-0.15, -0.1) is 0 Å². The van der Waals surface area contributed by atoms with Gasteiger partial charge in [0.2, 0.25) is 0 Å². The minimum absolute atomic E-state index is 0.326. The third-order valence-electron chi connectivity index (χ3n) is 1.97. The summed E-state index contributed by atoms with van der Waals surface area (Å²) >= 11 is 0. The highest BCUT2D eigenvalue weighted by molar-refractivity contribution is 7.90. The molecule has 0 spiro atoms. The van der Waals surface area contributed by atoms with E-state index in [1.807, 2.05) is 0 Å². The molecule has 0 aromatic heterocycles. The van der Waals surface area contributed by atoms with Gasteiger partial charge in [0.15, 0.2) is 27.2 Å². The van der Waals surface area contributed by atoms with E-state index in [1.165, 1.54) is 0 Å². The summed E-state index contributed by atoms with van der Waals surface area (Å²) in [4.78, 5) is 10.5. The van der Waals surface area contributed by atoms with Gasteiger partial charge in [-0.1, -0.05) is 0 Å². The molecule has 5 nitrogen and oxygen atoms in total. The molecule has 0 unspecified atom stereocenters. The van der Waals surface area contributed by atoms with Crippen LogP contribution in [0.3, 0.4) is 0 Å². The number of benzene rings is 1. The van der Waals surface area contributed by atoms with Crippen LogP contribution in [0.4, 0.5) is 4.39 Å². The van der Waals surface area contributed by atoms with Crippen molar-refractivity contribution in [3.63, 3.8) is 0 Å². The molecule has 0 aliphatic carbocycles. The number of aromatic hydroxyl groups is 1. The summed E-state index contributed by atoms with van der Waals surface area (Å²) in [5.41, 5.74) is 4.72. The molecule has 3 N–H and O–H groups in total. The number of Topliss-reactive ketones (excluding diaryl/α,β-unsaturated/α-hetero) is 1. The molecule has 1 aromatic carbocycles. The maximum absolute atomic E-state index is 13.4. The number of carbonyl (C=O) groups is 1. The topological polar surface area (TPSA) is 97.5 Å². The lowest BCUT2D eigenvalue weighted by atomic mass is 10.1. The fourth-order valence-corrected chi connectivity index (χ4v) is 1.90. The van der Waals surface area contributed by atoms with Crippen molar-refractivity contribution >= 4 is 15.6 Å². The summed E-state index contributed by atoms with van der Waals surface area (Å²) in [6.45, 7) is -0.398. The van der Waals surface area contributed by atoms with Gasteiger partial charge >= 0.3 is 0 Å². The Morgan fingerprint density at radius 1 is 1.50 bits per heavy atom. The average Bonchev–Trinajstić information content (AvgIpc) is 2.19. The van der Waals surface area contributed by atoms with Gasteiger partial charge in [-0.25, -0.2) is 12.8 Å². The summed E-state index contributed by atoms with van der Waals surface area (Å²) in [5.74, 6) is -2.99. The van der Waals surface area contributed by atoms with Crippen molar-refractivity contribution < 1.29 is 22.7 Å². The molecule has 0 fully saturated rings. The molecular formula is C9H10FNO4S. The van der Waals surface area contributed by atoms with Crippen LogP contribution in [0.2, 0.25) is 0 Å². The molecule has 0 saturated carbocycles. The predicted octanol–water partition coefficient (Wildman–Crippen LogP) is 0.0762.